The molecule has 1 rings (SSSR count). The third-order valence-electron chi connectivity index (χ3n) is 2.27. The maximum Gasteiger partial charge on any atom is 0.294 e. The number of hydrogen-bond acceptors (Lipinski definition) is 4. The summed E-state index contributed by atoms with van der Waals surface area (Å²) in [4.78, 5) is 20.2. The second kappa shape index (κ2) is 4.29. The van der Waals surface area contributed by atoms with Crippen LogP contribution in [-0.4, -0.2) is 9.85 Å². The molecule has 0 heterocycles. The summed E-state index contributed by atoms with van der Waals surface area (Å²) in [6.07, 6.45) is 0. The first kappa shape index (κ1) is 13.4. The largest absolute Gasteiger partial charge is 0.294 e. The summed E-state index contributed by atoms with van der Waals surface area (Å²) < 4.78 is 0. The van der Waals surface area contributed by atoms with Crippen molar-refractivity contribution >= 4 is 23.0 Å². The Balaban J connectivity index is 3.58. The van der Waals surface area contributed by atoms with Gasteiger partial charge in [-0.15, -0.1) is 0 Å². The highest BCUT2D eigenvalue weighted by Crippen LogP contribution is 2.38. The van der Waals surface area contributed by atoms with E-state index in [-0.39, 0.29) is 10.7 Å². The molecule has 1 aromatic rings. The van der Waals surface area contributed by atoms with Crippen LogP contribution in [0, 0.1) is 20.2 Å². The van der Waals surface area contributed by atoms with E-state index in [9.17, 15) is 20.2 Å². The van der Waals surface area contributed by atoms with Gasteiger partial charge in [0.2, 0.25) is 0 Å². The maximum absolute atomic E-state index is 10.9. The van der Waals surface area contributed by atoms with Crippen molar-refractivity contribution < 1.29 is 9.85 Å². The summed E-state index contributed by atoms with van der Waals surface area (Å²) in [5, 5.41) is 21.5. The predicted octanol–water partition coefficient (Wildman–Crippen LogP) is 3.45. The molecule has 17 heavy (non-hydrogen) atoms. The van der Waals surface area contributed by atoms with E-state index in [1.54, 1.807) is 20.8 Å². The highest BCUT2D eigenvalue weighted by atomic mass is 35.5. The van der Waals surface area contributed by atoms with Crippen LogP contribution < -0.4 is 0 Å². The van der Waals surface area contributed by atoms with Crippen LogP contribution in [0.25, 0.3) is 0 Å². The standard InChI is InChI=1S/C10H11ClN2O4/c1-10(2,3)6-4-7(11)9(13(16)17)5-8(6)12(14)15/h4-5H,1-3H3. The first-order valence-corrected chi connectivity index (χ1v) is 5.15. The summed E-state index contributed by atoms with van der Waals surface area (Å²) >= 11 is 5.74. The van der Waals surface area contributed by atoms with Gasteiger partial charge in [-0.1, -0.05) is 32.4 Å². The van der Waals surface area contributed by atoms with Crippen molar-refractivity contribution in [3.63, 3.8) is 0 Å². The van der Waals surface area contributed by atoms with E-state index in [2.05, 4.69) is 0 Å². The normalized spacial score (nSPS) is 11.3. The molecule has 0 aliphatic carbocycles. The van der Waals surface area contributed by atoms with Gasteiger partial charge < -0.3 is 0 Å². The van der Waals surface area contributed by atoms with Gasteiger partial charge in [0.25, 0.3) is 11.4 Å². The number of hydrogen-bond donors (Lipinski definition) is 0. The molecular formula is C10H11ClN2O4. The molecule has 0 radical (unpaired) electrons. The molecule has 0 saturated carbocycles. The molecule has 92 valence electrons. The first-order chi connectivity index (χ1) is 7.64. The molecule has 0 spiro atoms. The van der Waals surface area contributed by atoms with Gasteiger partial charge in [-0.05, 0) is 11.5 Å². The smallest absolute Gasteiger partial charge is 0.258 e. The SMILES string of the molecule is CC(C)(C)c1cc(Cl)c([N+](=O)[O-])cc1[N+](=O)[O-]. The average Bonchev–Trinajstić information content (AvgIpc) is 2.14. The highest BCUT2D eigenvalue weighted by Gasteiger charge is 2.29. The van der Waals surface area contributed by atoms with Gasteiger partial charge in [-0.25, -0.2) is 0 Å². The average molecular weight is 259 g/mol. The maximum atomic E-state index is 10.9. The van der Waals surface area contributed by atoms with Crippen LogP contribution in [0.4, 0.5) is 11.4 Å². The van der Waals surface area contributed by atoms with Crippen molar-refractivity contribution in [1.82, 2.24) is 0 Å². The highest BCUT2D eigenvalue weighted by molar-refractivity contribution is 6.32. The third-order valence-corrected chi connectivity index (χ3v) is 2.57. The monoisotopic (exact) mass is 258 g/mol. The minimum absolute atomic E-state index is 0.0921. The van der Waals surface area contributed by atoms with Crippen molar-refractivity contribution in [2.24, 2.45) is 0 Å². The number of nitro groups is 2. The second-order valence-corrected chi connectivity index (χ2v) is 4.99. The summed E-state index contributed by atoms with van der Waals surface area (Å²) in [5.41, 5.74) is -0.876. The molecule has 1 aromatic carbocycles. The van der Waals surface area contributed by atoms with Crippen LogP contribution in [0.1, 0.15) is 26.3 Å². The zero-order valence-corrected chi connectivity index (χ0v) is 10.3. The van der Waals surface area contributed by atoms with Gasteiger partial charge in [-0.2, -0.15) is 0 Å². The lowest BCUT2D eigenvalue weighted by Crippen LogP contribution is -2.14. The van der Waals surface area contributed by atoms with Gasteiger partial charge in [0.1, 0.15) is 5.02 Å². The van der Waals surface area contributed by atoms with E-state index in [1.807, 2.05) is 0 Å². The Kier molecular flexibility index (Phi) is 3.38. The van der Waals surface area contributed by atoms with Gasteiger partial charge in [-0.3, -0.25) is 20.2 Å². The van der Waals surface area contributed by atoms with Gasteiger partial charge >= 0.3 is 0 Å². The van der Waals surface area contributed by atoms with Crippen LogP contribution in [-0.2, 0) is 5.41 Å². The molecule has 0 bridgehead atoms. The fourth-order valence-corrected chi connectivity index (χ4v) is 1.68. The topological polar surface area (TPSA) is 86.3 Å². The van der Waals surface area contributed by atoms with Crippen molar-refractivity contribution in [3.8, 4) is 0 Å². The van der Waals surface area contributed by atoms with E-state index in [0.29, 0.717) is 5.56 Å². The lowest BCUT2D eigenvalue weighted by atomic mass is 9.85. The van der Waals surface area contributed by atoms with Gasteiger partial charge in [0.15, 0.2) is 0 Å². The summed E-state index contributed by atoms with van der Waals surface area (Å²) in [5.74, 6) is 0. The third kappa shape index (κ3) is 2.71. The van der Waals surface area contributed by atoms with Crippen molar-refractivity contribution in [2.75, 3.05) is 0 Å². The molecular weight excluding hydrogens is 248 g/mol. The first-order valence-electron chi connectivity index (χ1n) is 4.77. The van der Waals surface area contributed by atoms with E-state index in [4.69, 9.17) is 11.6 Å². The molecule has 0 unspecified atom stereocenters. The van der Waals surface area contributed by atoms with Gasteiger partial charge in [0.05, 0.1) is 15.9 Å². The molecule has 0 N–H and O–H groups in total. The molecule has 7 heteroatoms. The summed E-state index contributed by atoms with van der Waals surface area (Å²) in [6, 6.07) is 2.20. The van der Waals surface area contributed by atoms with E-state index in [0.717, 1.165) is 6.07 Å². The molecule has 0 fully saturated rings. The zero-order valence-electron chi connectivity index (χ0n) is 9.56. The second-order valence-electron chi connectivity index (χ2n) is 4.58. The Morgan fingerprint density at radius 1 is 1.06 bits per heavy atom. The lowest BCUT2D eigenvalue weighted by Gasteiger charge is -2.18. The number of benzene rings is 1. The molecule has 6 nitrogen and oxygen atoms in total. The van der Waals surface area contributed by atoms with Crippen LogP contribution in [0.15, 0.2) is 12.1 Å². The Hall–Kier alpha value is -1.69. The van der Waals surface area contributed by atoms with Crippen LogP contribution in [0.3, 0.4) is 0 Å². The zero-order chi connectivity index (χ0) is 13.4. The lowest BCUT2D eigenvalue weighted by molar-refractivity contribution is -0.394. The van der Waals surface area contributed by atoms with Crippen molar-refractivity contribution in [3.05, 3.63) is 42.9 Å². The molecule has 0 aromatic heterocycles. The molecule has 0 amide bonds. The van der Waals surface area contributed by atoms with E-state index >= 15 is 0 Å². The Morgan fingerprint density at radius 2 is 1.53 bits per heavy atom. The summed E-state index contributed by atoms with van der Waals surface area (Å²) in [6.45, 7) is 5.33. The molecule has 0 aliphatic heterocycles. The van der Waals surface area contributed by atoms with E-state index in [1.165, 1.54) is 6.07 Å². The Labute approximate surface area is 103 Å². The Bertz CT molecular complexity index is 494. The number of rotatable bonds is 2. The fraction of sp³-hybridized carbons (Fsp3) is 0.400. The van der Waals surface area contributed by atoms with E-state index < -0.39 is 20.9 Å². The van der Waals surface area contributed by atoms with Crippen molar-refractivity contribution in [1.29, 1.82) is 0 Å². The van der Waals surface area contributed by atoms with Crippen LogP contribution in [0.2, 0.25) is 5.02 Å². The minimum atomic E-state index is -0.734. The molecule has 0 saturated heterocycles. The number of nitrogens with zero attached hydrogens (tertiary/aromatic N) is 2. The van der Waals surface area contributed by atoms with Crippen LogP contribution >= 0.6 is 11.6 Å². The molecule has 0 atom stereocenters. The van der Waals surface area contributed by atoms with Crippen LogP contribution in [0.5, 0.6) is 0 Å². The quantitative estimate of drug-likeness (QED) is 0.600. The fourth-order valence-electron chi connectivity index (χ4n) is 1.44. The Morgan fingerprint density at radius 3 is 1.88 bits per heavy atom. The number of halogens is 1. The predicted molar refractivity (Wildman–Crippen MR) is 63.5 cm³/mol. The number of nitro benzene ring substituents is 2. The minimum Gasteiger partial charge on any atom is -0.258 e. The van der Waals surface area contributed by atoms with Crippen molar-refractivity contribution in [2.45, 2.75) is 26.2 Å². The summed E-state index contributed by atoms with van der Waals surface area (Å²) in [7, 11) is 0. The van der Waals surface area contributed by atoms with Gasteiger partial charge in [0, 0.05) is 5.56 Å². The molecule has 0 aliphatic rings.